The predicted octanol–water partition coefficient (Wildman–Crippen LogP) is 3.89. The van der Waals surface area contributed by atoms with Gasteiger partial charge in [0.1, 0.15) is 0 Å². The highest BCUT2D eigenvalue weighted by Crippen LogP contribution is 2.49. The van der Waals surface area contributed by atoms with E-state index < -0.39 is 14.2 Å². The minimum atomic E-state index is -1.74. The Kier molecular flexibility index (Phi) is 3.12. The van der Waals surface area contributed by atoms with E-state index in [1.165, 1.54) is 0 Å². The largest absolute Gasteiger partial charge is 0.388 e. The van der Waals surface area contributed by atoms with E-state index in [9.17, 15) is 9.90 Å². The molecule has 0 aliphatic heterocycles. The van der Waals surface area contributed by atoms with Gasteiger partial charge in [-0.2, -0.15) is 0 Å². The molecule has 1 aromatic carbocycles. The first kappa shape index (κ1) is 14.8. The van der Waals surface area contributed by atoms with Gasteiger partial charge < -0.3 is 5.11 Å². The number of hydrogen-bond donors (Lipinski definition) is 1. The maximum absolute atomic E-state index is 12.6. The van der Waals surface area contributed by atoms with Crippen molar-refractivity contribution in [3.8, 4) is 0 Å². The van der Waals surface area contributed by atoms with Crippen LogP contribution in [-0.2, 0) is 4.79 Å². The second kappa shape index (κ2) is 4.85. The lowest BCUT2D eigenvalue weighted by molar-refractivity contribution is -0.115. The summed E-state index contributed by atoms with van der Waals surface area (Å²) in [5, 5.41) is 12.7. The number of fused-ring (bicyclic) bond motifs is 4. The average molecular weight is 323 g/mol. The number of hydrogen-bond acceptors (Lipinski definition) is 3. The molecule has 4 heteroatoms. The number of Topliss-reactive ketones (excluding diaryl/α,β-unsaturated/α-hetero) is 1. The topological polar surface area (TPSA) is 50.2 Å². The molecule has 2 aliphatic carbocycles. The number of ketones is 1. The SMILES string of the molecule is C[Si](C)(C)C1=C2c3nc4ccccc4cc3[C@@H](O)C[C@@H]2CC1=O. The van der Waals surface area contributed by atoms with Crippen molar-refractivity contribution in [2.24, 2.45) is 5.92 Å². The molecule has 23 heavy (non-hydrogen) atoms. The molecule has 2 aliphatic rings. The van der Waals surface area contributed by atoms with Crippen molar-refractivity contribution in [2.75, 3.05) is 0 Å². The third-order valence-electron chi connectivity index (χ3n) is 5.01. The van der Waals surface area contributed by atoms with Gasteiger partial charge in [0.05, 0.1) is 25.4 Å². The van der Waals surface area contributed by atoms with E-state index in [1.807, 2.05) is 24.3 Å². The normalized spacial score (nSPS) is 24.1. The number of aromatic nitrogens is 1. The molecule has 1 heterocycles. The third-order valence-corrected chi connectivity index (χ3v) is 7.06. The summed E-state index contributed by atoms with van der Waals surface area (Å²) < 4.78 is 0. The van der Waals surface area contributed by atoms with E-state index in [0.29, 0.717) is 12.8 Å². The fourth-order valence-corrected chi connectivity index (χ4v) is 6.19. The monoisotopic (exact) mass is 323 g/mol. The quantitative estimate of drug-likeness (QED) is 0.810. The second-order valence-corrected chi connectivity index (χ2v) is 12.7. The van der Waals surface area contributed by atoms with E-state index in [4.69, 9.17) is 4.98 Å². The van der Waals surface area contributed by atoms with Crippen molar-refractivity contribution < 1.29 is 9.90 Å². The van der Waals surface area contributed by atoms with Crippen LogP contribution in [0.25, 0.3) is 16.5 Å². The highest BCUT2D eigenvalue weighted by atomic mass is 28.3. The second-order valence-electron chi connectivity index (χ2n) is 7.73. The molecule has 2 atom stereocenters. The standard InChI is InChI=1S/C19H21NO2Si/c1-23(2,3)19-16(22)10-12-9-15(21)13-8-11-6-4-5-7-14(11)20-18(13)17(12)19/h4-8,12,15,21H,9-10H2,1-3H3/t12-,15+/m1/s1. The molecule has 0 saturated heterocycles. The van der Waals surface area contributed by atoms with Gasteiger partial charge in [0, 0.05) is 17.4 Å². The van der Waals surface area contributed by atoms with E-state index in [-0.39, 0.29) is 11.7 Å². The molecule has 2 aromatic rings. The zero-order chi connectivity index (χ0) is 16.4. The van der Waals surface area contributed by atoms with Crippen LogP contribution >= 0.6 is 0 Å². The number of pyridine rings is 1. The smallest absolute Gasteiger partial charge is 0.155 e. The zero-order valence-corrected chi connectivity index (χ0v) is 14.8. The minimum absolute atomic E-state index is 0.139. The van der Waals surface area contributed by atoms with Crippen LogP contribution < -0.4 is 0 Å². The van der Waals surface area contributed by atoms with Crippen molar-refractivity contribution in [2.45, 2.75) is 38.6 Å². The number of rotatable bonds is 1. The molecule has 0 spiro atoms. The van der Waals surface area contributed by atoms with E-state index >= 15 is 0 Å². The number of carbonyl (C=O) groups is 1. The van der Waals surface area contributed by atoms with Gasteiger partial charge in [0.2, 0.25) is 0 Å². The van der Waals surface area contributed by atoms with Crippen LogP contribution in [0, 0.1) is 5.92 Å². The molecular weight excluding hydrogens is 302 g/mol. The molecule has 0 fully saturated rings. The number of allylic oxidation sites excluding steroid dienone is 2. The summed E-state index contributed by atoms with van der Waals surface area (Å²) in [5.74, 6) is 0.416. The summed E-state index contributed by atoms with van der Waals surface area (Å²) >= 11 is 0. The van der Waals surface area contributed by atoms with Gasteiger partial charge in [-0.05, 0) is 35.2 Å². The Morgan fingerprint density at radius 2 is 1.96 bits per heavy atom. The van der Waals surface area contributed by atoms with Crippen molar-refractivity contribution in [1.82, 2.24) is 4.98 Å². The molecule has 0 bridgehead atoms. The number of aliphatic hydroxyl groups excluding tert-OH is 1. The minimum Gasteiger partial charge on any atom is -0.388 e. The zero-order valence-electron chi connectivity index (χ0n) is 13.8. The Balaban J connectivity index is 2.05. The van der Waals surface area contributed by atoms with Gasteiger partial charge in [-0.3, -0.25) is 4.79 Å². The van der Waals surface area contributed by atoms with Crippen LogP contribution in [0.4, 0.5) is 0 Å². The molecule has 0 saturated carbocycles. The first-order valence-electron chi connectivity index (χ1n) is 8.22. The van der Waals surface area contributed by atoms with E-state index in [2.05, 4.69) is 25.7 Å². The van der Waals surface area contributed by atoms with Crippen LogP contribution in [0.3, 0.4) is 0 Å². The summed E-state index contributed by atoms with van der Waals surface area (Å²) in [6.45, 7) is 6.67. The van der Waals surface area contributed by atoms with Crippen LogP contribution in [0.15, 0.2) is 35.5 Å². The molecule has 1 aromatic heterocycles. The summed E-state index contributed by atoms with van der Waals surface area (Å²) in [5.41, 5.74) is 3.83. The Hall–Kier alpha value is -1.78. The molecule has 0 radical (unpaired) electrons. The van der Waals surface area contributed by atoms with Crippen molar-refractivity contribution in [1.29, 1.82) is 0 Å². The fraction of sp³-hybridized carbons (Fsp3) is 0.368. The summed E-state index contributed by atoms with van der Waals surface area (Å²) in [7, 11) is -1.74. The van der Waals surface area contributed by atoms with E-state index in [0.717, 1.165) is 32.9 Å². The Morgan fingerprint density at radius 3 is 2.70 bits per heavy atom. The molecule has 0 unspecified atom stereocenters. The van der Waals surface area contributed by atoms with Gasteiger partial charge in [0.15, 0.2) is 5.78 Å². The van der Waals surface area contributed by atoms with Gasteiger partial charge in [-0.25, -0.2) is 4.98 Å². The molecule has 1 N–H and O–H groups in total. The number of benzene rings is 1. The lowest BCUT2D eigenvalue weighted by Crippen LogP contribution is -2.28. The van der Waals surface area contributed by atoms with Crippen LogP contribution in [0.2, 0.25) is 19.6 Å². The molecule has 118 valence electrons. The van der Waals surface area contributed by atoms with Gasteiger partial charge in [-0.1, -0.05) is 37.8 Å². The third kappa shape index (κ3) is 2.20. The lowest BCUT2D eigenvalue weighted by atomic mass is 9.81. The Morgan fingerprint density at radius 1 is 1.22 bits per heavy atom. The maximum atomic E-state index is 12.6. The molecule has 3 nitrogen and oxygen atoms in total. The predicted molar refractivity (Wildman–Crippen MR) is 94.7 cm³/mol. The molecular formula is C19H21NO2Si. The van der Waals surface area contributed by atoms with Gasteiger partial charge in [0.25, 0.3) is 0 Å². The molecule has 0 amide bonds. The Labute approximate surface area is 137 Å². The summed E-state index contributed by atoms with van der Waals surface area (Å²) in [4.78, 5) is 17.5. The number of nitrogens with zero attached hydrogens (tertiary/aromatic N) is 1. The van der Waals surface area contributed by atoms with Crippen LogP contribution in [-0.4, -0.2) is 23.9 Å². The first-order valence-corrected chi connectivity index (χ1v) is 11.7. The number of aliphatic hydroxyl groups is 1. The van der Waals surface area contributed by atoms with Crippen molar-refractivity contribution >= 4 is 30.3 Å². The highest BCUT2D eigenvalue weighted by Gasteiger charge is 2.44. The van der Waals surface area contributed by atoms with Crippen molar-refractivity contribution in [3.05, 3.63) is 46.8 Å². The summed E-state index contributed by atoms with van der Waals surface area (Å²) in [6, 6.07) is 10.0. The summed E-state index contributed by atoms with van der Waals surface area (Å²) in [6.07, 6.45) is 0.659. The number of carbonyl (C=O) groups excluding carboxylic acids is 1. The van der Waals surface area contributed by atoms with Gasteiger partial charge >= 0.3 is 0 Å². The highest BCUT2D eigenvalue weighted by molar-refractivity contribution is 6.88. The Bertz CT molecular complexity index is 863. The average Bonchev–Trinajstić information content (AvgIpc) is 2.82. The molecule has 4 rings (SSSR count). The lowest BCUT2D eigenvalue weighted by Gasteiger charge is -2.29. The number of para-hydroxylation sites is 1. The van der Waals surface area contributed by atoms with E-state index in [1.54, 1.807) is 0 Å². The first-order chi connectivity index (χ1) is 10.9. The van der Waals surface area contributed by atoms with Crippen molar-refractivity contribution in [3.63, 3.8) is 0 Å². The maximum Gasteiger partial charge on any atom is 0.155 e. The fourth-order valence-electron chi connectivity index (χ4n) is 4.12. The van der Waals surface area contributed by atoms with Crippen LogP contribution in [0.1, 0.15) is 30.2 Å². The van der Waals surface area contributed by atoms with Crippen LogP contribution in [0.5, 0.6) is 0 Å². The van der Waals surface area contributed by atoms with Gasteiger partial charge in [-0.15, -0.1) is 0 Å².